The van der Waals surface area contributed by atoms with Crippen LogP contribution in [0.3, 0.4) is 0 Å². The Labute approximate surface area is 166 Å². The Balaban J connectivity index is 1.87. The van der Waals surface area contributed by atoms with Crippen LogP contribution in [0.4, 0.5) is 11.4 Å². The average Bonchev–Trinajstić information content (AvgIpc) is 3.10. The molecule has 4 rings (SSSR count). The van der Waals surface area contributed by atoms with E-state index in [0.29, 0.717) is 26.0 Å². The summed E-state index contributed by atoms with van der Waals surface area (Å²) in [4.78, 5) is 29.2. The molecule has 1 saturated heterocycles. The van der Waals surface area contributed by atoms with Gasteiger partial charge in [-0.05, 0) is 37.1 Å². The van der Waals surface area contributed by atoms with E-state index in [1.165, 1.54) is 9.80 Å². The van der Waals surface area contributed by atoms with Crippen LogP contribution in [0.25, 0.3) is 5.57 Å². The van der Waals surface area contributed by atoms with Crippen LogP contribution in [0.15, 0.2) is 47.4 Å². The van der Waals surface area contributed by atoms with Crippen molar-refractivity contribution in [3.63, 3.8) is 0 Å². The van der Waals surface area contributed by atoms with E-state index in [2.05, 4.69) is 0 Å². The van der Waals surface area contributed by atoms with Crippen molar-refractivity contribution < 1.29 is 14.7 Å². The molecule has 1 fully saturated rings. The first-order valence-electron chi connectivity index (χ1n) is 8.34. The number of para-hydroxylation sites is 1. The quantitative estimate of drug-likeness (QED) is 0.623. The molecule has 27 heavy (non-hydrogen) atoms. The Hall–Kier alpha value is -2.48. The number of aliphatic hydroxyl groups is 1. The van der Waals surface area contributed by atoms with Gasteiger partial charge in [0.2, 0.25) is 0 Å². The molecule has 1 N–H and O–H groups in total. The van der Waals surface area contributed by atoms with Crippen molar-refractivity contribution in [3.8, 4) is 0 Å². The number of anilines is 2. The van der Waals surface area contributed by atoms with Gasteiger partial charge in [-0.2, -0.15) is 0 Å². The molecule has 0 unspecified atom stereocenters. The molecular formula is C20H16N2O3S2. The summed E-state index contributed by atoms with van der Waals surface area (Å²) in [6.07, 6.45) is 0. The van der Waals surface area contributed by atoms with Crippen molar-refractivity contribution in [2.45, 2.75) is 13.8 Å². The molecular weight excluding hydrogens is 380 g/mol. The van der Waals surface area contributed by atoms with Crippen LogP contribution in [0.2, 0.25) is 0 Å². The van der Waals surface area contributed by atoms with Crippen LogP contribution in [-0.2, 0) is 9.59 Å². The number of amides is 2. The predicted molar refractivity (Wildman–Crippen MR) is 112 cm³/mol. The smallest absolute Gasteiger partial charge is 0.271 e. The molecule has 0 bridgehead atoms. The molecule has 0 atom stereocenters. The molecule has 2 aliphatic rings. The zero-order chi connectivity index (χ0) is 19.3. The van der Waals surface area contributed by atoms with Crippen LogP contribution >= 0.6 is 24.0 Å². The van der Waals surface area contributed by atoms with Crippen molar-refractivity contribution in [1.29, 1.82) is 0 Å². The van der Waals surface area contributed by atoms with Gasteiger partial charge in [-0.1, -0.05) is 54.3 Å². The summed E-state index contributed by atoms with van der Waals surface area (Å²) >= 11 is 6.60. The minimum absolute atomic E-state index is 0.296. The number of carbonyl (C=O) groups is 2. The fourth-order valence-electron chi connectivity index (χ4n) is 3.34. The van der Waals surface area contributed by atoms with Crippen LogP contribution < -0.4 is 9.80 Å². The lowest BCUT2D eigenvalue weighted by molar-refractivity contribution is -0.115. The zero-order valence-corrected chi connectivity index (χ0v) is 16.4. The molecule has 0 spiro atoms. The normalized spacial score (nSPS) is 19.3. The fourth-order valence-corrected chi connectivity index (χ4v) is 4.70. The number of thioether (sulfide) groups is 1. The number of carbonyl (C=O) groups excluding carboxylic acids is 2. The molecule has 7 heteroatoms. The Bertz CT molecular complexity index is 1050. The molecule has 0 saturated carbocycles. The molecule has 2 heterocycles. The van der Waals surface area contributed by atoms with Gasteiger partial charge in [0.15, 0.2) is 4.32 Å². The van der Waals surface area contributed by atoms with Crippen molar-refractivity contribution >= 4 is 57.1 Å². The van der Waals surface area contributed by atoms with Gasteiger partial charge in [0, 0.05) is 5.56 Å². The minimum atomic E-state index is -0.448. The van der Waals surface area contributed by atoms with E-state index in [-0.39, 0.29) is 11.8 Å². The van der Waals surface area contributed by atoms with E-state index in [0.717, 1.165) is 28.6 Å². The second kappa shape index (κ2) is 6.60. The number of thiocarbonyl (C=S) groups is 1. The number of benzene rings is 2. The topological polar surface area (TPSA) is 60.9 Å². The first kappa shape index (κ1) is 17.9. The van der Waals surface area contributed by atoms with Crippen LogP contribution in [0.1, 0.15) is 16.7 Å². The standard InChI is InChI=1S/C20H16N2O3S2/c1-11-6-5-9-14(12(11)2)22-19(25)17(27-20(22)26)16-13-7-3-4-8-15(13)21(10-23)18(16)24/h3-9,23H,10H2,1-2H3. The first-order chi connectivity index (χ1) is 13.0. The summed E-state index contributed by atoms with van der Waals surface area (Å²) in [5, 5.41) is 9.61. The number of hydrogen-bond acceptors (Lipinski definition) is 5. The number of fused-ring (bicyclic) bond motifs is 1. The lowest BCUT2D eigenvalue weighted by atomic mass is 10.1. The third kappa shape index (κ3) is 2.62. The van der Waals surface area contributed by atoms with Gasteiger partial charge in [0.25, 0.3) is 11.8 Å². The molecule has 5 nitrogen and oxygen atoms in total. The van der Waals surface area contributed by atoms with Crippen molar-refractivity contribution in [2.75, 3.05) is 16.5 Å². The highest BCUT2D eigenvalue weighted by Gasteiger charge is 2.42. The van der Waals surface area contributed by atoms with E-state index in [9.17, 15) is 14.7 Å². The van der Waals surface area contributed by atoms with E-state index in [1.54, 1.807) is 24.3 Å². The van der Waals surface area contributed by atoms with E-state index >= 15 is 0 Å². The number of aliphatic hydroxyl groups excluding tert-OH is 1. The molecule has 2 aromatic rings. The third-order valence-corrected chi connectivity index (χ3v) is 6.25. The lowest BCUT2D eigenvalue weighted by Gasteiger charge is -2.18. The van der Waals surface area contributed by atoms with Crippen LogP contribution in [-0.4, -0.2) is 28.0 Å². The van der Waals surface area contributed by atoms with Gasteiger partial charge in [-0.15, -0.1) is 0 Å². The minimum Gasteiger partial charge on any atom is -0.376 e. The molecule has 0 aromatic heterocycles. The van der Waals surface area contributed by atoms with Gasteiger partial charge in [0.1, 0.15) is 6.73 Å². The maximum Gasteiger partial charge on any atom is 0.271 e. The Kier molecular flexibility index (Phi) is 4.38. The number of nitrogens with zero attached hydrogens (tertiary/aromatic N) is 2. The second-order valence-electron chi connectivity index (χ2n) is 6.32. The second-order valence-corrected chi connectivity index (χ2v) is 7.97. The largest absolute Gasteiger partial charge is 0.376 e. The molecule has 0 radical (unpaired) electrons. The van der Waals surface area contributed by atoms with Gasteiger partial charge in [-0.3, -0.25) is 19.4 Å². The SMILES string of the molecule is Cc1cccc(N2C(=O)C(=C3C(=O)N(CO)c4ccccc43)SC2=S)c1C. The Morgan fingerprint density at radius 1 is 1.00 bits per heavy atom. The Morgan fingerprint density at radius 3 is 2.44 bits per heavy atom. The van der Waals surface area contributed by atoms with Crippen LogP contribution in [0, 0.1) is 13.8 Å². The lowest BCUT2D eigenvalue weighted by Crippen LogP contribution is -2.30. The summed E-state index contributed by atoms with van der Waals surface area (Å²) < 4.78 is 0.393. The highest BCUT2D eigenvalue weighted by atomic mass is 32.2. The number of aryl methyl sites for hydroxylation is 1. The summed E-state index contributed by atoms with van der Waals surface area (Å²) in [6.45, 7) is 3.47. The fraction of sp³-hybridized carbons (Fsp3) is 0.150. The maximum absolute atomic E-state index is 13.2. The van der Waals surface area contributed by atoms with Crippen molar-refractivity contribution in [2.24, 2.45) is 0 Å². The molecule has 2 aliphatic heterocycles. The maximum atomic E-state index is 13.2. The first-order valence-corrected chi connectivity index (χ1v) is 9.57. The van der Waals surface area contributed by atoms with E-state index in [4.69, 9.17) is 12.2 Å². The highest BCUT2D eigenvalue weighted by molar-refractivity contribution is 8.27. The number of rotatable bonds is 2. The van der Waals surface area contributed by atoms with E-state index in [1.807, 2.05) is 32.0 Å². The van der Waals surface area contributed by atoms with Crippen molar-refractivity contribution in [1.82, 2.24) is 0 Å². The highest BCUT2D eigenvalue weighted by Crippen LogP contribution is 2.45. The van der Waals surface area contributed by atoms with Crippen LogP contribution in [0.5, 0.6) is 0 Å². The van der Waals surface area contributed by atoms with Gasteiger partial charge in [-0.25, -0.2) is 0 Å². The van der Waals surface area contributed by atoms with E-state index < -0.39 is 6.73 Å². The molecule has 0 aliphatic carbocycles. The number of hydrogen-bond donors (Lipinski definition) is 1. The summed E-state index contributed by atoms with van der Waals surface area (Å²) in [7, 11) is 0. The molecule has 2 amide bonds. The monoisotopic (exact) mass is 396 g/mol. The predicted octanol–water partition coefficient (Wildman–Crippen LogP) is 3.38. The van der Waals surface area contributed by atoms with Gasteiger partial charge in [0.05, 0.1) is 21.9 Å². The summed E-state index contributed by atoms with van der Waals surface area (Å²) in [6, 6.07) is 12.8. The van der Waals surface area contributed by atoms with Gasteiger partial charge < -0.3 is 5.11 Å². The summed E-state index contributed by atoms with van der Waals surface area (Å²) in [5.41, 5.74) is 4.28. The zero-order valence-electron chi connectivity index (χ0n) is 14.7. The third-order valence-electron chi connectivity index (χ3n) is 4.88. The van der Waals surface area contributed by atoms with Crippen molar-refractivity contribution in [3.05, 3.63) is 64.1 Å². The average molecular weight is 396 g/mol. The Morgan fingerprint density at radius 2 is 1.70 bits per heavy atom. The molecule has 136 valence electrons. The molecule has 2 aromatic carbocycles. The summed E-state index contributed by atoms with van der Waals surface area (Å²) in [5.74, 6) is -0.697. The van der Waals surface area contributed by atoms with Gasteiger partial charge >= 0.3 is 0 Å².